The normalized spacial score (nSPS) is 35.2. The summed E-state index contributed by atoms with van der Waals surface area (Å²) in [6.45, 7) is 22.5. The third-order valence-corrected chi connectivity index (χ3v) is 6.65. The van der Waals surface area contributed by atoms with E-state index >= 15 is 0 Å². The van der Waals surface area contributed by atoms with Crippen molar-refractivity contribution in [3.63, 3.8) is 0 Å². The summed E-state index contributed by atoms with van der Waals surface area (Å²) in [5.41, 5.74) is -1.28. The summed E-state index contributed by atoms with van der Waals surface area (Å²) in [6.07, 6.45) is 0.861. The van der Waals surface area contributed by atoms with Crippen molar-refractivity contribution in [2.75, 3.05) is 13.2 Å². The molecule has 0 saturated carbocycles. The van der Waals surface area contributed by atoms with Crippen LogP contribution in [0.4, 0.5) is 0 Å². The van der Waals surface area contributed by atoms with E-state index < -0.39 is 0 Å². The maximum atomic E-state index is 6.11. The van der Waals surface area contributed by atoms with E-state index in [4.69, 9.17) is 18.9 Å². The molecule has 2 fully saturated rings. The Morgan fingerprint density at radius 1 is 0.652 bits per heavy atom. The molecule has 0 aromatic rings. The molecule has 0 aliphatic carbocycles. The molecular weight excluding hydrogens is 292 g/mol. The smallest absolute Gasteiger partial charge is 0.123 e. The van der Waals surface area contributed by atoms with Gasteiger partial charge in [0.25, 0.3) is 0 Å². The fraction of sp³-hybridized carbons (Fsp3) is 1.00. The van der Waals surface area contributed by atoms with Gasteiger partial charge in [0.2, 0.25) is 0 Å². The highest BCUT2D eigenvalue weighted by Gasteiger charge is 2.69. The van der Waals surface area contributed by atoms with Crippen LogP contribution in [-0.2, 0) is 18.9 Å². The first-order valence-corrected chi connectivity index (χ1v) is 8.80. The van der Waals surface area contributed by atoms with Gasteiger partial charge in [-0.2, -0.15) is 0 Å². The topological polar surface area (TPSA) is 43.5 Å². The lowest BCUT2D eigenvalue weighted by molar-refractivity contribution is -0.0960. The first-order chi connectivity index (χ1) is 10.1. The van der Waals surface area contributed by atoms with Crippen molar-refractivity contribution in [3.8, 4) is 0 Å². The molecule has 0 bridgehead atoms. The Hall–Kier alpha value is -0.160. The highest BCUT2D eigenvalue weighted by molar-refractivity contribution is 5.17. The van der Waals surface area contributed by atoms with Crippen molar-refractivity contribution >= 4 is 0 Å². The van der Waals surface area contributed by atoms with Crippen LogP contribution in [0.25, 0.3) is 0 Å². The Morgan fingerprint density at radius 3 is 1.13 bits per heavy atom. The highest BCUT2D eigenvalue weighted by Crippen LogP contribution is 2.56. The van der Waals surface area contributed by atoms with Crippen LogP contribution in [-0.4, -0.2) is 46.8 Å². The van der Waals surface area contributed by atoms with Gasteiger partial charge in [0.05, 0.1) is 22.4 Å². The van der Waals surface area contributed by atoms with E-state index in [0.29, 0.717) is 13.2 Å². The molecule has 136 valence electrons. The molecule has 23 heavy (non-hydrogen) atoms. The molecule has 0 N–H and O–H groups in total. The predicted molar refractivity (Wildman–Crippen MR) is 91.8 cm³/mol. The van der Waals surface area contributed by atoms with Crippen LogP contribution in [0.15, 0.2) is 0 Å². The van der Waals surface area contributed by atoms with E-state index in [1.807, 2.05) is 0 Å². The maximum absolute atomic E-state index is 6.11. The van der Waals surface area contributed by atoms with Crippen molar-refractivity contribution in [3.05, 3.63) is 0 Å². The maximum Gasteiger partial charge on any atom is 0.123 e. The molecule has 2 heterocycles. The highest BCUT2D eigenvalue weighted by atomic mass is 16.7. The van der Waals surface area contributed by atoms with Crippen LogP contribution in [0.1, 0.15) is 75.7 Å². The van der Waals surface area contributed by atoms with E-state index in [-0.39, 0.29) is 33.6 Å². The van der Waals surface area contributed by atoms with Gasteiger partial charge in [-0.1, -0.05) is 0 Å². The molecule has 4 heteroatoms. The Labute approximate surface area is 142 Å². The van der Waals surface area contributed by atoms with Gasteiger partial charge >= 0.3 is 0 Å². The third kappa shape index (κ3) is 2.97. The van der Waals surface area contributed by atoms with Crippen molar-refractivity contribution < 1.29 is 18.9 Å². The zero-order valence-electron chi connectivity index (χ0n) is 16.8. The molecule has 2 saturated heterocycles. The van der Waals surface area contributed by atoms with Gasteiger partial charge in [-0.05, 0) is 75.7 Å². The minimum Gasteiger partial charge on any atom is -0.372 e. The van der Waals surface area contributed by atoms with Crippen LogP contribution >= 0.6 is 0 Å². The van der Waals surface area contributed by atoms with Gasteiger partial charge in [-0.15, -0.1) is 0 Å². The van der Waals surface area contributed by atoms with Gasteiger partial charge in [0, 0.05) is 13.2 Å². The van der Waals surface area contributed by atoms with E-state index in [2.05, 4.69) is 69.2 Å². The molecule has 0 spiro atoms. The molecule has 0 aromatic carbocycles. The Bertz CT molecular complexity index is 424. The van der Waals surface area contributed by atoms with Crippen molar-refractivity contribution in [2.24, 2.45) is 0 Å². The second-order valence-corrected chi connectivity index (χ2v) is 9.36. The van der Waals surface area contributed by atoms with Gasteiger partial charge in [-0.25, -0.2) is 0 Å². The van der Waals surface area contributed by atoms with E-state index in [0.717, 1.165) is 6.42 Å². The van der Waals surface area contributed by atoms with Gasteiger partial charge < -0.3 is 18.9 Å². The summed E-state index contributed by atoms with van der Waals surface area (Å²) in [4.78, 5) is 0. The predicted octanol–water partition coefficient (Wildman–Crippen LogP) is 4.10. The second kappa shape index (κ2) is 5.17. The van der Waals surface area contributed by atoms with Gasteiger partial charge in [0.1, 0.15) is 11.2 Å². The molecule has 2 aliphatic heterocycles. The summed E-state index contributed by atoms with van der Waals surface area (Å²) in [6, 6.07) is 0. The molecule has 2 rings (SSSR count). The average molecular weight is 328 g/mol. The summed E-state index contributed by atoms with van der Waals surface area (Å²) < 4.78 is 24.0. The Kier molecular flexibility index (Phi) is 4.31. The van der Waals surface area contributed by atoms with Crippen LogP contribution < -0.4 is 0 Å². The number of ether oxygens (including phenoxy) is 4. The fourth-order valence-electron chi connectivity index (χ4n) is 3.65. The number of hydrogen-bond acceptors (Lipinski definition) is 4. The van der Waals surface area contributed by atoms with E-state index in [1.165, 1.54) is 0 Å². The fourth-order valence-corrected chi connectivity index (χ4v) is 3.65. The lowest BCUT2D eigenvalue weighted by Gasteiger charge is -2.33. The monoisotopic (exact) mass is 328 g/mol. The van der Waals surface area contributed by atoms with Crippen LogP contribution in [0.5, 0.6) is 0 Å². The molecular formula is C19H36O4. The quantitative estimate of drug-likeness (QED) is 0.497. The SMILES string of the molecule is CC(C)(OCCCOC(C)(C)C1(C)OC1(C)C)C1(C)OC1(C)C. The first-order valence-electron chi connectivity index (χ1n) is 8.80. The van der Waals surface area contributed by atoms with Crippen molar-refractivity contribution in [1.29, 1.82) is 0 Å². The number of hydrogen-bond donors (Lipinski definition) is 0. The molecule has 2 aliphatic rings. The van der Waals surface area contributed by atoms with Crippen LogP contribution in [0.2, 0.25) is 0 Å². The Morgan fingerprint density at radius 2 is 0.913 bits per heavy atom. The summed E-state index contributed by atoms with van der Waals surface area (Å²) in [7, 11) is 0. The lowest BCUT2D eigenvalue weighted by Crippen LogP contribution is -2.45. The standard InChI is InChI=1S/C19H36O4/c1-14(2,18(9)16(5,6)22-18)20-12-11-13-21-15(3,4)19(10)17(7,8)23-19/h11-13H2,1-10H3. The second-order valence-electron chi connectivity index (χ2n) is 9.36. The summed E-state index contributed by atoms with van der Waals surface area (Å²) >= 11 is 0. The Balaban J connectivity index is 1.73. The lowest BCUT2D eigenvalue weighted by atomic mass is 9.83. The molecule has 0 amide bonds. The summed E-state index contributed by atoms with van der Waals surface area (Å²) in [5, 5.41) is 0. The molecule has 0 aromatic heterocycles. The van der Waals surface area contributed by atoms with Crippen molar-refractivity contribution in [2.45, 2.75) is 109 Å². The zero-order chi connectivity index (χ0) is 17.9. The molecule has 2 unspecified atom stereocenters. The molecule has 4 nitrogen and oxygen atoms in total. The van der Waals surface area contributed by atoms with Crippen LogP contribution in [0, 0.1) is 0 Å². The minimum atomic E-state index is -0.306. The largest absolute Gasteiger partial charge is 0.372 e. The number of epoxide rings is 2. The minimum absolute atomic E-state index is 0.113. The molecule has 2 atom stereocenters. The molecule has 0 radical (unpaired) electrons. The van der Waals surface area contributed by atoms with Gasteiger partial charge in [0.15, 0.2) is 0 Å². The van der Waals surface area contributed by atoms with E-state index in [9.17, 15) is 0 Å². The van der Waals surface area contributed by atoms with Crippen LogP contribution in [0.3, 0.4) is 0 Å². The van der Waals surface area contributed by atoms with Crippen molar-refractivity contribution in [1.82, 2.24) is 0 Å². The number of rotatable bonds is 8. The zero-order valence-corrected chi connectivity index (χ0v) is 16.8. The summed E-state index contributed by atoms with van der Waals surface area (Å²) in [5.74, 6) is 0. The van der Waals surface area contributed by atoms with Gasteiger partial charge in [-0.3, -0.25) is 0 Å². The average Bonchev–Trinajstić information content (AvgIpc) is 3.09. The third-order valence-electron chi connectivity index (χ3n) is 6.65. The van der Waals surface area contributed by atoms with E-state index in [1.54, 1.807) is 0 Å². The first kappa shape index (κ1) is 19.2.